The van der Waals surface area contributed by atoms with Crippen LogP contribution in [0.1, 0.15) is 39.5 Å². The zero-order valence-electron chi connectivity index (χ0n) is 10.7. The minimum Gasteiger partial charge on any atom is -0.389 e. The molecule has 4 heteroatoms. The van der Waals surface area contributed by atoms with E-state index in [0.29, 0.717) is 12.5 Å². The van der Waals surface area contributed by atoms with Gasteiger partial charge in [0.15, 0.2) is 0 Å². The van der Waals surface area contributed by atoms with Crippen molar-refractivity contribution in [3.63, 3.8) is 0 Å². The van der Waals surface area contributed by atoms with Gasteiger partial charge in [-0.25, -0.2) is 9.78 Å². The van der Waals surface area contributed by atoms with Gasteiger partial charge in [-0.3, -0.25) is 0 Å². The Morgan fingerprint density at radius 1 is 1.25 bits per heavy atom. The molecule has 0 amide bonds. The molecule has 0 aromatic rings. The quantitative estimate of drug-likeness (QED) is 0.537. The predicted molar refractivity (Wildman–Crippen MR) is 63.0 cm³/mol. The zero-order valence-corrected chi connectivity index (χ0v) is 10.7. The van der Waals surface area contributed by atoms with Gasteiger partial charge in [-0.2, -0.15) is 0 Å². The Bertz CT molecular complexity index is 183. The van der Waals surface area contributed by atoms with Gasteiger partial charge in [-0.05, 0) is 52.0 Å². The molecule has 0 radical (unpaired) electrons. The third-order valence-corrected chi connectivity index (χ3v) is 3.02. The lowest BCUT2D eigenvalue weighted by Gasteiger charge is -2.28. The van der Waals surface area contributed by atoms with Crippen LogP contribution >= 0.6 is 0 Å². The fourth-order valence-corrected chi connectivity index (χ4v) is 2.15. The molecule has 0 aromatic carbocycles. The molecule has 1 rings (SSSR count). The summed E-state index contributed by atoms with van der Waals surface area (Å²) < 4.78 is 0. The van der Waals surface area contributed by atoms with Crippen LogP contribution < -0.4 is 5.32 Å². The lowest BCUT2D eigenvalue weighted by molar-refractivity contribution is -0.310. The highest BCUT2D eigenvalue weighted by atomic mass is 17.2. The first-order valence-electron chi connectivity index (χ1n) is 6.14. The van der Waals surface area contributed by atoms with E-state index in [1.54, 1.807) is 7.11 Å². The number of rotatable bonds is 6. The lowest BCUT2D eigenvalue weighted by Crippen LogP contribution is -2.38. The van der Waals surface area contributed by atoms with Crippen LogP contribution in [0.4, 0.5) is 0 Å². The van der Waals surface area contributed by atoms with Gasteiger partial charge in [0.05, 0.1) is 18.8 Å². The van der Waals surface area contributed by atoms with Crippen LogP contribution in [0.25, 0.3) is 0 Å². The molecule has 1 aliphatic carbocycles. The highest BCUT2D eigenvalue weighted by Crippen LogP contribution is 2.25. The topological polar surface area (TPSA) is 50.7 Å². The lowest BCUT2D eigenvalue weighted by atomic mass is 9.87. The largest absolute Gasteiger partial charge is 0.389 e. The molecule has 0 saturated heterocycles. The maximum atomic E-state index is 9.56. The van der Waals surface area contributed by atoms with Crippen LogP contribution in [0.15, 0.2) is 0 Å². The van der Waals surface area contributed by atoms with Crippen molar-refractivity contribution in [3.8, 4) is 0 Å². The normalized spacial score (nSPS) is 27.0. The average Bonchev–Trinajstić information content (AvgIpc) is 2.19. The fourth-order valence-electron chi connectivity index (χ4n) is 2.15. The van der Waals surface area contributed by atoms with Crippen LogP contribution in [-0.4, -0.2) is 37.0 Å². The van der Waals surface area contributed by atoms with Crippen molar-refractivity contribution in [1.82, 2.24) is 5.32 Å². The van der Waals surface area contributed by atoms with Gasteiger partial charge in [0.25, 0.3) is 0 Å². The van der Waals surface area contributed by atoms with E-state index in [2.05, 4.69) is 5.32 Å². The highest BCUT2D eigenvalue weighted by Gasteiger charge is 2.22. The Labute approximate surface area is 98.2 Å². The summed E-state index contributed by atoms with van der Waals surface area (Å²) in [6.07, 6.45) is 4.76. The van der Waals surface area contributed by atoms with Crippen LogP contribution in [0, 0.1) is 5.92 Å². The third-order valence-electron chi connectivity index (χ3n) is 3.02. The third kappa shape index (κ3) is 5.80. The zero-order chi connectivity index (χ0) is 12.0. The van der Waals surface area contributed by atoms with Crippen molar-refractivity contribution in [2.45, 2.75) is 51.2 Å². The van der Waals surface area contributed by atoms with Gasteiger partial charge in [-0.1, -0.05) is 0 Å². The SMILES string of the molecule is COOC1CCC(CNCC(C)(C)O)CC1. The Kier molecular flexibility index (Phi) is 5.69. The van der Waals surface area contributed by atoms with Gasteiger partial charge in [0.2, 0.25) is 0 Å². The van der Waals surface area contributed by atoms with Crippen LogP contribution in [0.3, 0.4) is 0 Å². The minimum atomic E-state index is -0.615. The Balaban J connectivity index is 2.08. The molecule has 0 aliphatic heterocycles. The average molecular weight is 231 g/mol. The maximum absolute atomic E-state index is 9.56. The van der Waals surface area contributed by atoms with Crippen LogP contribution in [-0.2, 0) is 9.78 Å². The summed E-state index contributed by atoms with van der Waals surface area (Å²) in [4.78, 5) is 9.82. The molecule has 0 unspecified atom stereocenters. The molecule has 0 atom stereocenters. The minimum absolute atomic E-state index is 0.274. The molecule has 0 spiro atoms. The molecule has 1 aliphatic rings. The molecule has 2 N–H and O–H groups in total. The summed E-state index contributed by atoms with van der Waals surface area (Å²) in [7, 11) is 1.57. The van der Waals surface area contributed by atoms with Gasteiger partial charge in [0.1, 0.15) is 0 Å². The molecule has 0 bridgehead atoms. The number of aliphatic hydroxyl groups is 1. The number of hydrogen-bond acceptors (Lipinski definition) is 4. The second-order valence-corrected chi connectivity index (χ2v) is 5.35. The summed E-state index contributed by atoms with van der Waals surface area (Å²) in [5, 5.41) is 12.9. The standard InChI is InChI=1S/C12H25NO3/c1-12(2,14)9-13-8-10-4-6-11(7-5-10)16-15-3/h10-11,13-14H,4-9H2,1-3H3. The van der Waals surface area contributed by atoms with Crippen molar-refractivity contribution in [2.75, 3.05) is 20.2 Å². The van der Waals surface area contributed by atoms with E-state index < -0.39 is 5.60 Å². The summed E-state index contributed by atoms with van der Waals surface area (Å²) >= 11 is 0. The predicted octanol–water partition coefficient (Wildman–Crippen LogP) is 1.48. The van der Waals surface area contributed by atoms with Gasteiger partial charge in [0, 0.05) is 6.54 Å². The molecule has 96 valence electrons. The van der Waals surface area contributed by atoms with Crippen molar-refractivity contribution in [1.29, 1.82) is 0 Å². The van der Waals surface area contributed by atoms with Gasteiger partial charge in [-0.15, -0.1) is 0 Å². The van der Waals surface area contributed by atoms with Crippen molar-refractivity contribution in [2.24, 2.45) is 5.92 Å². The second kappa shape index (κ2) is 6.55. The van der Waals surface area contributed by atoms with Gasteiger partial charge >= 0.3 is 0 Å². The first kappa shape index (κ1) is 13.9. The maximum Gasteiger partial charge on any atom is 0.0930 e. The van der Waals surface area contributed by atoms with E-state index in [1.807, 2.05) is 13.8 Å². The molecule has 0 aromatic heterocycles. The van der Waals surface area contributed by atoms with E-state index in [9.17, 15) is 5.11 Å². The first-order chi connectivity index (χ1) is 7.51. The van der Waals surface area contributed by atoms with E-state index in [-0.39, 0.29) is 6.10 Å². The summed E-state index contributed by atoms with van der Waals surface area (Å²) in [6, 6.07) is 0. The first-order valence-corrected chi connectivity index (χ1v) is 6.14. The number of hydrogen-bond donors (Lipinski definition) is 2. The molecule has 1 saturated carbocycles. The Morgan fingerprint density at radius 2 is 1.88 bits per heavy atom. The van der Waals surface area contributed by atoms with E-state index in [4.69, 9.17) is 9.78 Å². The van der Waals surface area contributed by atoms with Gasteiger partial charge < -0.3 is 10.4 Å². The van der Waals surface area contributed by atoms with E-state index >= 15 is 0 Å². The van der Waals surface area contributed by atoms with E-state index in [0.717, 1.165) is 19.4 Å². The number of nitrogens with one attached hydrogen (secondary N) is 1. The molecule has 0 heterocycles. The summed E-state index contributed by atoms with van der Waals surface area (Å²) in [5.74, 6) is 0.707. The Hall–Kier alpha value is -0.160. The monoisotopic (exact) mass is 231 g/mol. The molecule has 4 nitrogen and oxygen atoms in total. The van der Waals surface area contributed by atoms with Crippen molar-refractivity contribution in [3.05, 3.63) is 0 Å². The van der Waals surface area contributed by atoms with Crippen molar-refractivity contribution >= 4 is 0 Å². The van der Waals surface area contributed by atoms with Crippen LogP contribution in [0.2, 0.25) is 0 Å². The van der Waals surface area contributed by atoms with Crippen LogP contribution in [0.5, 0.6) is 0 Å². The molecular formula is C12H25NO3. The fraction of sp³-hybridized carbons (Fsp3) is 1.00. The summed E-state index contributed by atoms with van der Waals surface area (Å²) in [5.41, 5.74) is -0.615. The second-order valence-electron chi connectivity index (χ2n) is 5.35. The highest BCUT2D eigenvalue weighted by molar-refractivity contribution is 4.75. The molecule has 16 heavy (non-hydrogen) atoms. The smallest absolute Gasteiger partial charge is 0.0930 e. The molecular weight excluding hydrogens is 206 g/mol. The molecule has 1 fully saturated rings. The van der Waals surface area contributed by atoms with Crippen molar-refractivity contribution < 1.29 is 14.9 Å². The van der Waals surface area contributed by atoms with E-state index in [1.165, 1.54) is 12.8 Å². The Morgan fingerprint density at radius 3 is 2.38 bits per heavy atom. The summed E-state index contributed by atoms with van der Waals surface area (Å²) in [6.45, 7) is 5.29.